The predicted octanol–water partition coefficient (Wildman–Crippen LogP) is 1.66. The molecule has 2 aromatic rings. The van der Waals surface area contributed by atoms with Crippen LogP contribution in [0, 0.1) is 5.82 Å². The first-order chi connectivity index (χ1) is 12.9. The molecule has 0 spiro atoms. The van der Waals surface area contributed by atoms with Crippen LogP contribution in [0.2, 0.25) is 5.02 Å². The van der Waals surface area contributed by atoms with Gasteiger partial charge in [0, 0.05) is 38.0 Å². The highest BCUT2D eigenvalue weighted by Gasteiger charge is 2.26. The van der Waals surface area contributed by atoms with Gasteiger partial charge >= 0.3 is 0 Å². The second-order valence-corrected chi connectivity index (χ2v) is 8.12. The molecule has 11 heteroatoms. The van der Waals surface area contributed by atoms with E-state index >= 15 is 0 Å². The van der Waals surface area contributed by atoms with Gasteiger partial charge < -0.3 is 4.90 Å². The van der Waals surface area contributed by atoms with Crippen LogP contribution in [0.4, 0.5) is 10.3 Å². The monoisotopic (exact) mass is 412 g/mol. The third-order valence-corrected chi connectivity index (χ3v) is 5.78. The number of rotatable bonds is 6. The average molecular weight is 413 g/mol. The van der Waals surface area contributed by atoms with E-state index < -0.39 is 15.8 Å². The number of anilines is 1. The van der Waals surface area contributed by atoms with Crippen molar-refractivity contribution in [1.29, 1.82) is 0 Å². The fraction of sp³-hybridized carbons (Fsp3) is 0.375. The minimum atomic E-state index is -3.49. The van der Waals surface area contributed by atoms with Gasteiger partial charge in [-0.25, -0.2) is 32.7 Å². The Morgan fingerprint density at radius 2 is 1.67 bits per heavy atom. The van der Waals surface area contributed by atoms with Gasteiger partial charge in [0.05, 0.1) is 29.8 Å². The van der Waals surface area contributed by atoms with Crippen molar-refractivity contribution in [2.24, 2.45) is 0 Å². The fourth-order valence-electron chi connectivity index (χ4n) is 2.57. The van der Waals surface area contributed by atoms with Crippen molar-refractivity contribution in [3.05, 3.63) is 52.9 Å². The number of nitrogens with zero attached hydrogens (tertiary/aromatic N) is 6. The molecule has 0 aliphatic carbocycles. The zero-order chi connectivity index (χ0) is 19.3. The smallest absolute Gasteiger partial charge is 0.236 e. The standard InChI is InChI=1S/C16H18ClFN6O2S/c17-13-9-21-16(22-10-13)23-4-6-24(7-5-23)27(25,26)8-2-1-3-15-19-11-14(18)12-20-15/h2,8-12H,1,3-7H2/b8-2-. The van der Waals surface area contributed by atoms with Gasteiger partial charge in [0.1, 0.15) is 5.82 Å². The fourth-order valence-corrected chi connectivity index (χ4v) is 3.89. The Balaban J connectivity index is 1.50. The van der Waals surface area contributed by atoms with Crippen LogP contribution >= 0.6 is 11.6 Å². The number of hydrogen-bond donors (Lipinski definition) is 0. The molecule has 0 saturated carbocycles. The molecule has 0 bridgehead atoms. The van der Waals surface area contributed by atoms with E-state index in [2.05, 4.69) is 19.9 Å². The summed E-state index contributed by atoms with van der Waals surface area (Å²) in [5.74, 6) is 0.501. The summed E-state index contributed by atoms with van der Waals surface area (Å²) in [5.41, 5.74) is 0. The van der Waals surface area contributed by atoms with Gasteiger partial charge in [-0.1, -0.05) is 17.7 Å². The molecule has 0 N–H and O–H groups in total. The largest absolute Gasteiger partial charge is 0.338 e. The maximum Gasteiger partial charge on any atom is 0.236 e. The van der Waals surface area contributed by atoms with Crippen LogP contribution in [0.15, 0.2) is 36.3 Å². The Labute approximate surface area is 161 Å². The summed E-state index contributed by atoms with van der Waals surface area (Å²) in [7, 11) is -3.49. The zero-order valence-corrected chi connectivity index (χ0v) is 15.9. The second kappa shape index (κ2) is 8.68. The zero-order valence-electron chi connectivity index (χ0n) is 14.4. The Morgan fingerprint density at radius 1 is 1.04 bits per heavy atom. The van der Waals surface area contributed by atoms with E-state index in [0.717, 1.165) is 12.4 Å². The van der Waals surface area contributed by atoms with Crippen molar-refractivity contribution in [2.75, 3.05) is 31.1 Å². The topological polar surface area (TPSA) is 92.2 Å². The summed E-state index contributed by atoms with van der Waals surface area (Å²) in [4.78, 5) is 17.9. The SMILES string of the molecule is O=S(=O)(/C=C\CCc1ncc(F)cn1)N1CCN(c2ncc(Cl)cn2)CC1. The number of halogens is 2. The summed E-state index contributed by atoms with van der Waals surface area (Å²) < 4.78 is 39.0. The van der Waals surface area contributed by atoms with E-state index in [9.17, 15) is 12.8 Å². The molecule has 8 nitrogen and oxygen atoms in total. The minimum absolute atomic E-state index is 0.347. The number of aryl methyl sites for hydroxylation is 1. The lowest BCUT2D eigenvalue weighted by Gasteiger charge is -2.33. The molecule has 1 saturated heterocycles. The Kier molecular flexibility index (Phi) is 6.30. The van der Waals surface area contributed by atoms with Crippen LogP contribution in [0.3, 0.4) is 0 Å². The molecule has 1 aliphatic heterocycles. The summed E-state index contributed by atoms with van der Waals surface area (Å²) in [5, 5.41) is 1.65. The van der Waals surface area contributed by atoms with E-state index in [1.54, 1.807) is 6.08 Å². The molecule has 0 radical (unpaired) electrons. The van der Waals surface area contributed by atoms with E-state index in [1.165, 1.54) is 22.1 Å². The third kappa shape index (κ3) is 5.41. The molecule has 1 aliphatic rings. The Morgan fingerprint density at radius 3 is 2.30 bits per heavy atom. The van der Waals surface area contributed by atoms with Gasteiger partial charge in [-0.3, -0.25) is 0 Å². The van der Waals surface area contributed by atoms with E-state index in [0.29, 0.717) is 55.8 Å². The maximum absolute atomic E-state index is 12.7. The van der Waals surface area contributed by atoms with Crippen molar-refractivity contribution in [1.82, 2.24) is 24.2 Å². The van der Waals surface area contributed by atoms with Gasteiger partial charge in [0.2, 0.25) is 16.0 Å². The molecule has 1 fully saturated rings. The van der Waals surface area contributed by atoms with Gasteiger partial charge in [-0.15, -0.1) is 0 Å². The predicted molar refractivity (Wildman–Crippen MR) is 99.2 cm³/mol. The minimum Gasteiger partial charge on any atom is -0.338 e. The normalized spacial score (nSPS) is 16.1. The first-order valence-corrected chi connectivity index (χ1v) is 10.2. The van der Waals surface area contributed by atoms with E-state index in [-0.39, 0.29) is 0 Å². The van der Waals surface area contributed by atoms with Crippen LogP contribution in [-0.4, -0.2) is 58.8 Å². The first kappa shape index (κ1) is 19.6. The maximum atomic E-state index is 12.7. The highest BCUT2D eigenvalue weighted by molar-refractivity contribution is 7.92. The quantitative estimate of drug-likeness (QED) is 0.712. The Hall–Kier alpha value is -2.17. The number of piperazine rings is 1. The third-order valence-electron chi connectivity index (χ3n) is 3.96. The molecular weight excluding hydrogens is 395 g/mol. The van der Waals surface area contributed by atoms with Gasteiger partial charge in [0.25, 0.3) is 0 Å². The van der Waals surface area contributed by atoms with Crippen LogP contribution in [0.1, 0.15) is 12.2 Å². The van der Waals surface area contributed by atoms with Crippen molar-refractivity contribution in [3.63, 3.8) is 0 Å². The summed E-state index contributed by atoms with van der Waals surface area (Å²) in [6, 6.07) is 0. The number of hydrogen-bond acceptors (Lipinski definition) is 7. The van der Waals surface area contributed by atoms with Crippen LogP contribution in [0.5, 0.6) is 0 Å². The van der Waals surface area contributed by atoms with E-state index in [4.69, 9.17) is 11.6 Å². The van der Waals surface area contributed by atoms with Crippen LogP contribution < -0.4 is 4.90 Å². The molecule has 0 aromatic carbocycles. The van der Waals surface area contributed by atoms with Crippen molar-refractivity contribution < 1.29 is 12.8 Å². The lowest BCUT2D eigenvalue weighted by molar-refractivity contribution is 0.387. The Bertz CT molecular complexity index is 884. The lowest BCUT2D eigenvalue weighted by Crippen LogP contribution is -2.48. The molecule has 3 heterocycles. The van der Waals surface area contributed by atoms with E-state index in [1.807, 2.05) is 4.90 Å². The van der Waals surface area contributed by atoms with Crippen molar-refractivity contribution >= 4 is 27.6 Å². The molecule has 0 amide bonds. The van der Waals surface area contributed by atoms with Crippen LogP contribution in [0.25, 0.3) is 0 Å². The van der Waals surface area contributed by atoms with Crippen molar-refractivity contribution in [2.45, 2.75) is 12.8 Å². The molecule has 2 aromatic heterocycles. The molecule has 0 atom stereocenters. The summed E-state index contributed by atoms with van der Waals surface area (Å²) in [6.07, 6.45) is 7.66. The molecule has 0 unspecified atom stereocenters. The van der Waals surface area contributed by atoms with Gasteiger partial charge in [-0.2, -0.15) is 4.31 Å². The number of allylic oxidation sites excluding steroid dienone is 1. The lowest BCUT2D eigenvalue weighted by atomic mass is 10.3. The second-order valence-electron chi connectivity index (χ2n) is 5.86. The van der Waals surface area contributed by atoms with Crippen molar-refractivity contribution in [3.8, 4) is 0 Å². The van der Waals surface area contributed by atoms with Gasteiger partial charge in [0.15, 0.2) is 5.82 Å². The first-order valence-electron chi connectivity index (χ1n) is 8.30. The molecule has 27 heavy (non-hydrogen) atoms. The summed E-state index contributed by atoms with van der Waals surface area (Å²) >= 11 is 5.78. The van der Waals surface area contributed by atoms with Crippen LogP contribution in [-0.2, 0) is 16.4 Å². The molecule has 144 valence electrons. The highest BCUT2D eigenvalue weighted by atomic mass is 35.5. The average Bonchev–Trinajstić information content (AvgIpc) is 2.67. The van der Waals surface area contributed by atoms with Gasteiger partial charge in [-0.05, 0) is 6.42 Å². The molecule has 3 rings (SSSR count). The number of sulfonamides is 1. The highest BCUT2D eigenvalue weighted by Crippen LogP contribution is 2.15. The number of aromatic nitrogens is 4. The molecular formula is C16H18ClFN6O2S. The summed E-state index contributed by atoms with van der Waals surface area (Å²) in [6.45, 7) is 1.69.